The Labute approximate surface area is 139 Å². The van der Waals surface area contributed by atoms with Gasteiger partial charge in [0.1, 0.15) is 5.75 Å². The van der Waals surface area contributed by atoms with Crippen LogP contribution in [0, 0.1) is 0 Å². The second-order valence-corrected chi connectivity index (χ2v) is 7.96. The lowest BCUT2D eigenvalue weighted by Crippen LogP contribution is -2.26. The molecule has 0 fully saturated rings. The molecule has 0 aliphatic rings. The number of carbonyl (C=O) groups is 1. The second kappa shape index (κ2) is 7.12. The summed E-state index contributed by atoms with van der Waals surface area (Å²) in [7, 11) is -0.684. The number of ether oxygens (including phenoxy) is 1. The first-order chi connectivity index (χ1) is 10.8. The van der Waals surface area contributed by atoms with E-state index in [4.69, 9.17) is 4.74 Å². The largest absolute Gasteiger partial charge is 0.495 e. The van der Waals surface area contributed by atoms with Crippen molar-refractivity contribution in [3.63, 3.8) is 0 Å². The van der Waals surface area contributed by atoms with Crippen LogP contribution in [0.3, 0.4) is 0 Å². The zero-order chi connectivity index (χ0) is 17.0. The first-order valence-electron chi connectivity index (χ1n) is 6.79. The van der Waals surface area contributed by atoms with Crippen LogP contribution in [0.25, 0.3) is 0 Å². The Morgan fingerprint density at radius 3 is 2.65 bits per heavy atom. The first-order valence-corrected chi connectivity index (χ1v) is 9.11. The zero-order valence-electron chi connectivity index (χ0n) is 13.1. The van der Waals surface area contributed by atoms with Crippen molar-refractivity contribution in [3.05, 3.63) is 40.6 Å². The summed E-state index contributed by atoms with van der Waals surface area (Å²) in [6.07, 6.45) is 0. The molecule has 124 valence electrons. The number of methoxy groups -OCH3 is 1. The van der Waals surface area contributed by atoms with Gasteiger partial charge in [0.2, 0.25) is 15.9 Å². The molecular weight excluding hydrogens is 336 g/mol. The van der Waals surface area contributed by atoms with Crippen LogP contribution in [0.1, 0.15) is 11.8 Å². The third kappa shape index (κ3) is 4.10. The molecule has 1 aromatic heterocycles. The molecule has 0 spiro atoms. The number of hydrogen-bond donors (Lipinski definition) is 1. The van der Waals surface area contributed by atoms with E-state index in [0.717, 1.165) is 4.88 Å². The quantitative estimate of drug-likeness (QED) is 0.865. The van der Waals surface area contributed by atoms with Crippen LogP contribution < -0.4 is 10.1 Å². The fraction of sp³-hybridized carbons (Fsp3) is 0.267. The van der Waals surface area contributed by atoms with E-state index in [1.54, 1.807) is 0 Å². The summed E-state index contributed by atoms with van der Waals surface area (Å²) in [6.45, 7) is 1.64. The van der Waals surface area contributed by atoms with E-state index < -0.39 is 10.0 Å². The topological polar surface area (TPSA) is 75.7 Å². The Morgan fingerprint density at radius 1 is 1.35 bits per heavy atom. The van der Waals surface area contributed by atoms with Gasteiger partial charge in [-0.3, -0.25) is 4.79 Å². The third-order valence-corrected chi connectivity index (χ3v) is 5.81. The lowest BCUT2D eigenvalue weighted by Gasteiger charge is -2.18. The van der Waals surface area contributed by atoms with Crippen molar-refractivity contribution in [2.75, 3.05) is 19.5 Å². The van der Waals surface area contributed by atoms with Gasteiger partial charge in [-0.05, 0) is 29.6 Å². The van der Waals surface area contributed by atoms with Crippen LogP contribution >= 0.6 is 11.3 Å². The fourth-order valence-electron chi connectivity index (χ4n) is 2.02. The zero-order valence-corrected chi connectivity index (χ0v) is 14.7. The van der Waals surface area contributed by atoms with E-state index in [-0.39, 0.29) is 10.8 Å². The number of nitrogens with one attached hydrogen (secondary N) is 1. The average Bonchev–Trinajstić information content (AvgIpc) is 2.99. The number of carbonyl (C=O) groups excluding carboxylic acids is 1. The number of rotatable bonds is 6. The molecule has 0 radical (unpaired) electrons. The van der Waals surface area contributed by atoms with Crippen molar-refractivity contribution in [1.82, 2.24) is 4.31 Å². The number of thiophene rings is 1. The van der Waals surface area contributed by atoms with Gasteiger partial charge < -0.3 is 10.1 Å². The number of amides is 1. The minimum absolute atomic E-state index is 0.0982. The Morgan fingerprint density at radius 2 is 2.09 bits per heavy atom. The molecule has 2 aromatic rings. The minimum Gasteiger partial charge on any atom is -0.495 e. The van der Waals surface area contributed by atoms with Crippen LogP contribution in [0.4, 0.5) is 5.69 Å². The maximum atomic E-state index is 12.7. The Kier molecular flexibility index (Phi) is 5.40. The van der Waals surface area contributed by atoms with E-state index in [0.29, 0.717) is 18.0 Å². The maximum Gasteiger partial charge on any atom is 0.243 e. The molecule has 6 nitrogen and oxygen atoms in total. The SMILES string of the molecule is COc1ccc(S(=O)(=O)N(C)Cc2cccs2)cc1NC(C)=O. The maximum absolute atomic E-state index is 12.7. The summed E-state index contributed by atoms with van der Waals surface area (Å²) in [5.41, 5.74) is 0.325. The van der Waals surface area contributed by atoms with Gasteiger partial charge >= 0.3 is 0 Å². The first kappa shape index (κ1) is 17.5. The van der Waals surface area contributed by atoms with Crippen LogP contribution in [0.2, 0.25) is 0 Å². The molecule has 2 rings (SSSR count). The molecule has 0 aliphatic heterocycles. The van der Waals surface area contributed by atoms with Crippen LogP contribution in [0.15, 0.2) is 40.6 Å². The van der Waals surface area contributed by atoms with E-state index in [9.17, 15) is 13.2 Å². The fourth-order valence-corrected chi connectivity index (χ4v) is 4.04. The highest BCUT2D eigenvalue weighted by molar-refractivity contribution is 7.89. The van der Waals surface area contributed by atoms with E-state index >= 15 is 0 Å². The summed E-state index contributed by atoms with van der Waals surface area (Å²) in [6, 6.07) is 8.15. The van der Waals surface area contributed by atoms with Crippen molar-refractivity contribution in [1.29, 1.82) is 0 Å². The van der Waals surface area contributed by atoms with E-state index in [1.165, 1.54) is 54.9 Å². The molecule has 1 N–H and O–H groups in total. The van der Waals surface area contributed by atoms with Gasteiger partial charge in [-0.25, -0.2) is 8.42 Å². The van der Waals surface area contributed by atoms with Crippen LogP contribution in [-0.4, -0.2) is 32.8 Å². The van der Waals surface area contributed by atoms with Gasteiger partial charge in [-0.2, -0.15) is 4.31 Å². The lowest BCUT2D eigenvalue weighted by molar-refractivity contribution is -0.114. The van der Waals surface area contributed by atoms with Gasteiger partial charge in [0.05, 0.1) is 17.7 Å². The summed E-state index contributed by atoms with van der Waals surface area (Å²) >= 11 is 1.50. The predicted octanol–water partition coefficient (Wildman–Crippen LogP) is 2.54. The number of sulfonamides is 1. The van der Waals surface area contributed by atoms with Crippen LogP contribution in [0.5, 0.6) is 5.75 Å². The molecule has 0 bridgehead atoms. The van der Waals surface area contributed by atoms with Crippen molar-refractivity contribution in [3.8, 4) is 5.75 Å². The average molecular weight is 354 g/mol. The van der Waals surface area contributed by atoms with Gasteiger partial charge in [0.15, 0.2) is 0 Å². The molecule has 8 heteroatoms. The predicted molar refractivity (Wildman–Crippen MR) is 90.3 cm³/mol. The summed E-state index contributed by atoms with van der Waals surface area (Å²) in [5.74, 6) is 0.102. The summed E-state index contributed by atoms with van der Waals surface area (Å²) in [4.78, 5) is 12.3. The van der Waals surface area contributed by atoms with Crippen molar-refractivity contribution in [2.24, 2.45) is 0 Å². The molecule has 0 unspecified atom stereocenters. The highest BCUT2D eigenvalue weighted by atomic mass is 32.2. The summed E-state index contributed by atoms with van der Waals surface area (Å²) < 4.78 is 31.8. The number of nitrogens with zero attached hydrogens (tertiary/aromatic N) is 1. The van der Waals surface area contributed by atoms with E-state index in [1.807, 2.05) is 17.5 Å². The lowest BCUT2D eigenvalue weighted by atomic mass is 10.3. The third-order valence-electron chi connectivity index (χ3n) is 3.15. The molecule has 0 saturated heterocycles. The Hall–Kier alpha value is -1.90. The Balaban J connectivity index is 2.33. The molecule has 1 amide bonds. The highest BCUT2D eigenvalue weighted by Gasteiger charge is 2.22. The van der Waals surface area contributed by atoms with Crippen LogP contribution in [-0.2, 0) is 21.4 Å². The van der Waals surface area contributed by atoms with Gasteiger partial charge in [-0.1, -0.05) is 6.07 Å². The standard InChI is InChI=1S/C15H18N2O4S2/c1-11(18)16-14-9-13(6-7-15(14)21-3)23(19,20)17(2)10-12-5-4-8-22-12/h4-9H,10H2,1-3H3,(H,16,18). The monoisotopic (exact) mass is 354 g/mol. The second-order valence-electron chi connectivity index (χ2n) is 4.88. The van der Waals surface area contributed by atoms with Crippen molar-refractivity contribution in [2.45, 2.75) is 18.4 Å². The number of hydrogen-bond acceptors (Lipinski definition) is 5. The Bertz CT molecular complexity index is 786. The van der Waals surface area contributed by atoms with Gasteiger partial charge in [0.25, 0.3) is 0 Å². The number of anilines is 1. The molecule has 0 saturated carbocycles. The minimum atomic E-state index is -3.67. The summed E-state index contributed by atoms with van der Waals surface area (Å²) in [5, 5.41) is 4.48. The normalized spacial score (nSPS) is 11.5. The van der Waals surface area contributed by atoms with Gasteiger partial charge in [0, 0.05) is 25.4 Å². The molecule has 1 aromatic carbocycles. The molecule has 0 aliphatic carbocycles. The van der Waals surface area contributed by atoms with Crippen molar-refractivity contribution >= 4 is 33.0 Å². The van der Waals surface area contributed by atoms with Gasteiger partial charge in [-0.15, -0.1) is 11.3 Å². The molecule has 23 heavy (non-hydrogen) atoms. The van der Waals surface area contributed by atoms with Crippen molar-refractivity contribution < 1.29 is 17.9 Å². The number of benzene rings is 1. The molecule has 0 atom stereocenters. The molecular formula is C15H18N2O4S2. The van der Waals surface area contributed by atoms with E-state index in [2.05, 4.69) is 5.32 Å². The highest BCUT2D eigenvalue weighted by Crippen LogP contribution is 2.29. The molecule has 1 heterocycles. The smallest absolute Gasteiger partial charge is 0.243 e.